The van der Waals surface area contributed by atoms with Gasteiger partial charge in [0.15, 0.2) is 6.19 Å². The first-order valence-electron chi connectivity index (χ1n) is 3.39. The number of hydrogen-bond donors (Lipinski definition) is 1. The molecule has 0 amide bonds. The van der Waals surface area contributed by atoms with Crippen molar-refractivity contribution in [3.8, 4) is 6.19 Å². The molecule has 66 valence electrons. The standard InChI is InChI=1S/C7H5N3O2S/c8-4-9-6-2-1-5(13)3-7(6)10(11)12/h2-3,9H,1H2. The molecule has 0 fully saturated rings. The zero-order valence-electron chi connectivity index (χ0n) is 6.48. The fourth-order valence-corrected chi connectivity index (χ4v) is 1.12. The summed E-state index contributed by atoms with van der Waals surface area (Å²) in [4.78, 5) is 10.4. The zero-order valence-corrected chi connectivity index (χ0v) is 7.30. The molecule has 6 heteroatoms. The average Bonchev–Trinajstić information content (AvgIpc) is 2.08. The number of thiocarbonyl (C=S) groups is 1. The van der Waals surface area contributed by atoms with Crippen molar-refractivity contribution in [2.24, 2.45) is 0 Å². The average molecular weight is 195 g/mol. The van der Waals surface area contributed by atoms with Gasteiger partial charge in [0.05, 0.1) is 4.92 Å². The van der Waals surface area contributed by atoms with Crippen LogP contribution < -0.4 is 5.32 Å². The Morgan fingerprint density at radius 1 is 1.77 bits per heavy atom. The van der Waals surface area contributed by atoms with E-state index in [1.54, 1.807) is 6.19 Å². The van der Waals surface area contributed by atoms with Crippen molar-refractivity contribution in [1.82, 2.24) is 5.32 Å². The monoisotopic (exact) mass is 195 g/mol. The highest BCUT2D eigenvalue weighted by atomic mass is 32.1. The van der Waals surface area contributed by atoms with Gasteiger partial charge in [0.2, 0.25) is 0 Å². The van der Waals surface area contributed by atoms with Gasteiger partial charge in [0, 0.05) is 17.4 Å². The molecule has 1 aliphatic rings. The SMILES string of the molecule is N#CNC1=CCC(=S)C=C1[N+](=O)[O-]. The topological polar surface area (TPSA) is 79.0 Å². The molecule has 1 aliphatic carbocycles. The van der Waals surface area contributed by atoms with Crippen LogP contribution in [0.3, 0.4) is 0 Å². The summed E-state index contributed by atoms with van der Waals surface area (Å²) in [6, 6.07) is 0. The molecular formula is C7H5N3O2S. The Morgan fingerprint density at radius 3 is 3.00 bits per heavy atom. The number of allylic oxidation sites excluding steroid dienone is 2. The van der Waals surface area contributed by atoms with E-state index < -0.39 is 4.92 Å². The predicted octanol–water partition coefficient (Wildman–Crippen LogP) is 0.875. The molecule has 1 N–H and O–H groups in total. The van der Waals surface area contributed by atoms with Gasteiger partial charge in [0.25, 0.3) is 5.70 Å². The van der Waals surface area contributed by atoms with E-state index in [-0.39, 0.29) is 11.4 Å². The van der Waals surface area contributed by atoms with Crippen LogP contribution in [0.15, 0.2) is 23.5 Å². The minimum absolute atomic E-state index is 0.155. The second-order valence-corrected chi connectivity index (χ2v) is 2.84. The molecule has 0 saturated carbocycles. The van der Waals surface area contributed by atoms with Crippen LogP contribution in [0.4, 0.5) is 0 Å². The summed E-state index contributed by atoms with van der Waals surface area (Å²) >= 11 is 4.80. The van der Waals surface area contributed by atoms with E-state index in [1.165, 1.54) is 12.2 Å². The van der Waals surface area contributed by atoms with E-state index >= 15 is 0 Å². The van der Waals surface area contributed by atoms with Crippen LogP contribution in [-0.2, 0) is 0 Å². The van der Waals surface area contributed by atoms with Crippen molar-refractivity contribution in [1.29, 1.82) is 5.26 Å². The van der Waals surface area contributed by atoms with E-state index in [0.717, 1.165) is 0 Å². The van der Waals surface area contributed by atoms with Crippen LogP contribution in [0.25, 0.3) is 0 Å². The fourth-order valence-electron chi connectivity index (χ4n) is 0.923. The van der Waals surface area contributed by atoms with Crippen molar-refractivity contribution in [2.45, 2.75) is 6.42 Å². The van der Waals surface area contributed by atoms with Gasteiger partial charge in [-0.1, -0.05) is 12.2 Å². The van der Waals surface area contributed by atoms with Gasteiger partial charge in [-0.2, -0.15) is 5.26 Å². The maximum absolute atomic E-state index is 10.5. The van der Waals surface area contributed by atoms with Crippen LogP contribution in [0.1, 0.15) is 6.42 Å². The van der Waals surface area contributed by atoms with Gasteiger partial charge in [-0.05, 0) is 6.08 Å². The summed E-state index contributed by atoms with van der Waals surface area (Å²) in [5.41, 5.74) is 0.0545. The molecule has 0 spiro atoms. The highest BCUT2D eigenvalue weighted by Crippen LogP contribution is 2.15. The van der Waals surface area contributed by atoms with Gasteiger partial charge < -0.3 is 0 Å². The van der Waals surface area contributed by atoms with Gasteiger partial charge in [-0.15, -0.1) is 0 Å². The smallest absolute Gasteiger partial charge is 0.287 e. The van der Waals surface area contributed by atoms with Crippen molar-refractivity contribution in [2.75, 3.05) is 0 Å². The number of nitriles is 1. The van der Waals surface area contributed by atoms with E-state index in [4.69, 9.17) is 17.5 Å². The summed E-state index contributed by atoms with van der Waals surface area (Å²) in [5, 5.41) is 21.0. The molecule has 0 bridgehead atoms. The van der Waals surface area contributed by atoms with Crippen LogP contribution in [-0.4, -0.2) is 9.79 Å². The summed E-state index contributed by atoms with van der Waals surface area (Å²) in [6.45, 7) is 0. The first-order chi connectivity index (χ1) is 6.15. The summed E-state index contributed by atoms with van der Waals surface area (Å²) < 4.78 is 0. The maximum atomic E-state index is 10.5. The third-order valence-corrected chi connectivity index (χ3v) is 1.75. The van der Waals surface area contributed by atoms with Crippen LogP contribution in [0.5, 0.6) is 0 Å². The number of nitrogens with zero attached hydrogens (tertiary/aromatic N) is 2. The van der Waals surface area contributed by atoms with E-state index in [1.807, 2.05) is 0 Å². The normalized spacial score (nSPS) is 15.5. The third kappa shape index (κ3) is 2.10. The van der Waals surface area contributed by atoms with Crippen molar-refractivity contribution < 1.29 is 4.92 Å². The fraction of sp³-hybridized carbons (Fsp3) is 0.143. The molecule has 0 atom stereocenters. The number of hydrogen-bond acceptors (Lipinski definition) is 5. The van der Waals surface area contributed by atoms with Crippen LogP contribution in [0, 0.1) is 21.6 Å². The summed E-state index contributed by atoms with van der Waals surface area (Å²) in [5.74, 6) is 0. The Hall–Kier alpha value is -1.74. The highest BCUT2D eigenvalue weighted by Gasteiger charge is 2.21. The molecule has 0 heterocycles. The molecular weight excluding hydrogens is 190 g/mol. The quantitative estimate of drug-likeness (QED) is 0.232. The molecule has 1 rings (SSSR count). The minimum Gasteiger partial charge on any atom is -0.287 e. The second-order valence-electron chi connectivity index (χ2n) is 2.31. The molecule has 5 nitrogen and oxygen atoms in total. The molecule has 0 aromatic heterocycles. The minimum atomic E-state index is -0.568. The van der Waals surface area contributed by atoms with E-state index in [9.17, 15) is 10.1 Å². The zero-order chi connectivity index (χ0) is 9.84. The Balaban J connectivity index is 2.98. The van der Waals surface area contributed by atoms with Crippen LogP contribution >= 0.6 is 12.2 Å². The first-order valence-corrected chi connectivity index (χ1v) is 3.80. The van der Waals surface area contributed by atoms with Gasteiger partial charge in [-0.25, -0.2) is 0 Å². The van der Waals surface area contributed by atoms with Crippen LogP contribution in [0.2, 0.25) is 0 Å². The molecule has 0 radical (unpaired) electrons. The highest BCUT2D eigenvalue weighted by molar-refractivity contribution is 7.80. The van der Waals surface area contributed by atoms with E-state index in [2.05, 4.69) is 5.32 Å². The Bertz CT molecular complexity index is 364. The third-order valence-electron chi connectivity index (χ3n) is 1.47. The molecule has 0 aliphatic heterocycles. The lowest BCUT2D eigenvalue weighted by Crippen LogP contribution is -2.17. The Kier molecular flexibility index (Phi) is 2.72. The molecule has 0 aromatic rings. The Morgan fingerprint density at radius 2 is 2.46 bits per heavy atom. The largest absolute Gasteiger partial charge is 0.294 e. The summed E-state index contributed by atoms with van der Waals surface area (Å²) in [7, 11) is 0. The number of rotatable bonds is 2. The lowest BCUT2D eigenvalue weighted by Gasteiger charge is -2.06. The maximum Gasteiger partial charge on any atom is 0.294 e. The summed E-state index contributed by atoms with van der Waals surface area (Å²) in [6.07, 6.45) is 4.90. The lowest BCUT2D eigenvalue weighted by molar-refractivity contribution is -0.421. The van der Waals surface area contributed by atoms with Gasteiger partial charge >= 0.3 is 0 Å². The van der Waals surface area contributed by atoms with Gasteiger partial charge in [-0.3, -0.25) is 15.4 Å². The number of nitrogens with one attached hydrogen (secondary N) is 1. The predicted molar refractivity (Wildman–Crippen MR) is 49.1 cm³/mol. The van der Waals surface area contributed by atoms with Gasteiger partial charge in [0.1, 0.15) is 5.70 Å². The van der Waals surface area contributed by atoms with Crippen molar-refractivity contribution >= 4 is 17.1 Å². The second kappa shape index (κ2) is 3.78. The van der Waals surface area contributed by atoms with E-state index in [0.29, 0.717) is 11.3 Å². The Labute approximate surface area is 79.5 Å². The molecule has 13 heavy (non-hydrogen) atoms. The lowest BCUT2D eigenvalue weighted by atomic mass is 10.1. The molecule has 0 unspecified atom stereocenters. The molecule has 0 aromatic carbocycles. The van der Waals surface area contributed by atoms with Crippen molar-refractivity contribution in [3.63, 3.8) is 0 Å². The van der Waals surface area contributed by atoms with Crippen molar-refractivity contribution in [3.05, 3.63) is 33.7 Å². The first kappa shape index (κ1) is 9.35. The molecule has 0 saturated heterocycles. The number of nitro groups is 1.